The molecule has 1 heterocycles. The fourth-order valence-corrected chi connectivity index (χ4v) is 2.11. The molecule has 0 unspecified atom stereocenters. The van der Waals surface area contributed by atoms with E-state index in [9.17, 15) is 9.90 Å². The van der Waals surface area contributed by atoms with Crippen LogP contribution < -0.4 is 10.6 Å². The van der Waals surface area contributed by atoms with Gasteiger partial charge in [-0.05, 0) is 24.6 Å². The maximum Gasteiger partial charge on any atom is 0.229 e. The number of rotatable bonds is 5. The lowest BCUT2D eigenvalue weighted by molar-refractivity contribution is -0.128. The standard InChI is InChI=1S/C17H26N2O3/c1-12-5-6-13(18-8-17(9-20)10-22-11-17)7-14(12)19-15(21)16(2,3)4/h5-7,18,20H,8-11H2,1-4H3,(H,19,21). The molecule has 22 heavy (non-hydrogen) atoms. The normalized spacial score (nSPS) is 16.8. The third-order valence-corrected chi connectivity index (χ3v) is 3.99. The van der Waals surface area contributed by atoms with Crippen LogP contribution in [0.4, 0.5) is 11.4 Å². The fraction of sp³-hybridized carbons (Fsp3) is 0.588. The highest BCUT2D eigenvalue weighted by molar-refractivity contribution is 5.95. The van der Waals surface area contributed by atoms with Gasteiger partial charge < -0.3 is 20.5 Å². The van der Waals surface area contributed by atoms with Crippen molar-refractivity contribution in [1.82, 2.24) is 0 Å². The van der Waals surface area contributed by atoms with Crippen LogP contribution >= 0.6 is 0 Å². The van der Waals surface area contributed by atoms with E-state index in [4.69, 9.17) is 4.74 Å². The smallest absolute Gasteiger partial charge is 0.229 e. The van der Waals surface area contributed by atoms with E-state index in [1.807, 2.05) is 45.9 Å². The Bertz CT molecular complexity index is 540. The Kier molecular flexibility index (Phi) is 4.78. The number of nitrogens with one attached hydrogen (secondary N) is 2. The van der Waals surface area contributed by atoms with Gasteiger partial charge in [0.15, 0.2) is 0 Å². The van der Waals surface area contributed by atoms with Crippen molar-refractivity contribution in [3.63, 3.8) is 0 Å². The number of hydrogen-bond acceptors (Lipinski definition) is 4. The predicted molar refractivity (Wildman–Crippen MR) is 88.1 cm³/mol. The van der Waals surface area contributed by atoms with Gasteiger partial charge in [-0.1, -0.05) is 26.8 Å². The second kappa shape index (κ2) is 6.26. The maximum atomic E-state index is 12.1. The zero-order valence-corrected chi connectivity index (χ0v) is 13.8. The fourth-order valence-electron chi connectivity index (χ4n) is 2.11. The molecule has 2 rings (SSSR count). The van der Waals surface area contributed by atoms with Crippen molar-refractivity contribution in [3.05, 3.63) is 23.8 Å². The minimum atomic E-state index is -0.430. The van der Waals surface area contributed by atoms with E-state index < -0.39 is 5.41 Å². The van der Waals surface area contributed by atoms with Gasteiger partial charge in [-0.3, -0.25) is 4.79 Å². The molecule has 0 saturated carbocycles. The van der Waals surface area contributed by atoms with Crippen LogP contribution in [-0.4, -0.2) is 37.4 Å². The number of aliphatic hydroxyl groups excluding tert-OH is 1. The molecular weight excluding hydrogens is 280 g/mol. The largest absolute Gasteiger partial charge is 0.396 e. The van der Waals surface area contributed by atoms with Crippen molar-refractivity contribution >= 4 is 17.3 Å². The molecule has 1 aromatic rings. The van der Waals surface area contributed by atoms with E-state index in [-0.39, 0.29) is 17.9 Å². The number of ether oxygens (including phenoxy) is 1. The number of carbonyl (C=O) groups excluding carboxylic acids is 1. The van der Waals surface area contributed by atoms with Gasteiger partial charge in [0.25, 0.3) is 0 Å². The summed E-state index contributed by atoms with van der Waals surface area (Å²) in [7, 11) is 0. The van der Waals surface area contributed by atoms with Crippen LogP contribution in [0.5, 0.6) is 0 Å². The maximum absolute atomic E-state index is 12.1. The van der Waals surface area contributed by atoms with Crippen LogP contribution in [0.3, 0.4) is 0 Å². The molecule has 0 atom stereocenters. The topological polar surface area (TPSA) is 70.6 Å². The molecule has 0 aromatic heterocycles. The van der Waals surface area contributed by atoms with Crippen molar-refractivity contribution in [2.45, 2.75) is 27.7 Å². The molecule has 5 nitrogen and oxygen atoms in total. The lowest BCUT2D eigenvalue weighted by Gasteiger charge is -2.40. The minimum Gasteiger partial charge on any atom is -0.396 e. The van der Waals surface area contributed by atoms with Gasteiger partial charge in [0.1, 0.15) is 0 Å². The van der Waals surface area contributed by atoms with Gasteiger partial charge >= 0.3 is 0 Å². The molecule has 1 aromatic carbocycles. The van der Waals surface area contributed by atoms with Crippen LogP contribution in [0.1, 0.15) is 26.3 Å². The van der Waals surface area contributed by atoms with Crippen molar-refractivity contribution in [3.8, 4) is 0 Å². The van der Waals surface area contributed by atoms with E-state index in [2.05, 4.69) is 10.6 Å². The van der Waals surface area contributed by atoms with E-state index in [1.54, 1.807) is 0 Å². The minimum absolute atomic E-state index is 0.00743. The molecule has 1 aliphatic heterocycles. The number of anilines is 2. The van der Waals surface area contributed by atoms with Gasteiger partial charge in [-0.2, -0.15) is 0 Å². The quantitative estimate of drug-likeness (QED) is 0.781. The van der Waals surface area contributed by atoms with Crippen molar-refractivity contribution < 1.29 is 14.6 Å². The highest BCUT2D eigenvalue weighted by Gasteiger charge is 2.37. The molecule has 1 saturated heterocycles. The number of benzene rings is 1. The number of aryl methyl sites for hydroxylation is 1. The Hall–Kier alpha value is -1.59. The van der Waals surface area contributed by atoms with E-state index in [0.29, 0.717) is 19.8 Å². The number of hydrogen-bond donors (Lipinski definition) is 3. The first-order chi connectivity index (χ1) is 10.3. The Balaban J connectivity index is 2.05. The van der Waals surface area contributed by atoms with Crippen molar-refractivity contribution in [1.29, 1.82) is 0 Å². The summed E-state index contributed by atoms with van der Waals surface area (Å²) in [5.74, 6) is -0.00743. The molecule has 0 spiro atoms. The van der Waals surface area contributed by atoms with E-state index >= 15 is 0 Å². The molecule has 0 aliphatic carbocycles. The van der Waals surface area contributed by atoms with Gasteiger partial charge in [0, 0.05) is 23.3 Å². The third kappa shape index (κ3) is 3.78. The third-order valence-electron chi connectivity index (χ3n) is 3.99. The summed E-state index contributed by atoms with van der Waals surface area (Å²) < 4.78 is 5.19. The first-order valence-corrected chi connectivity index (χ1v) is 7.60. The second-order valence-corrected chi connectivity index (χ2v) is 7.24. The average Bonchev–Trinajstić information content (AvgIpc) is 2.40. The zero-order valence-electron chi connectivity index (χ0n) is 13.8. The molecule has 0 bridgehead atoms. The summed E-state index contributed by atoms with van der Waals surface area (Å²) >= 11 is 0. The first-order valence-electron chi connectivity index (χ1n) is 7.60. The van der Waals surface area contributed by atoms with Crippen LogP contribution in [-0.2, 0) is 9.53 Å². The molecule has 3 N–H and O–H groups in total. The first kappa shape index (κ1) is 16.8. The Morgan fingerprint density at radius 1 is 1.36 bits per heavy atom. The van der Waals surface area contributed by atoms with Crippen LogP contribution in [0.15, 0.2) is 18.2 Å². The summed E-state index contributed by atoms with van der Waals surface area (Å²) in [6.45, 7) is 9.56. The summed E-state index contributed by atoms with van der Waals surface area (Å²) in [6, 6.07) is 5.89. The number of carbonyl (C=O) groups is 1. The van der Waals surface area contributed by atoms with Crippen molar-refractivity contribution in [2.75, 3.05) is 37.0 Å². The second-order valence-electron chi connectivity index (χ2n) is 7.24. The van der Waals surface area contributed by atoms with Gasteiger partial charge in [-0.25, -0.2) is 0 Å². The lowest BCUT2D eigenvalue weighted by Crippen LogP contribution is -2.50. The van der Waals surface area contributed by atoms with Gasteiger partial charge in [-0.15, -0.1) is 0 Å². The van der Waals surface area contributed by atoms with E-state index in [1.165, 1.54) is 0 Å². The summed E-state index contributed by atoms with van der Waals surface area (Å²) in [6.07, 6.45) is 0. The number of amides is 1. The summed E-state index contributed by atoms with van der Waals surface area (Å²) in [5.41, 5.74) is 2.15. The van der Waals surface area contributed by atoms with Gasteiger partial charge in [0.05, 0.1) is 25.2 Å². The molecule has 1 aliphatic rings. The van der Waals surface area contributed by atoms with E-state index in [0.717, 1.165) is 16.9 Å². The van der Waals surface area contributed by atoms with Gasteiger partial charge in [0.2, 0.25) is 5.91 Å². The monoisotopic (exact) mass is 306 g/mol. The predicted octanol–water partition coefficient (Wildman–Crippen LogP) is 2.40. The van der Waals surface area contributed by atoms with Crippen LogP contribution in [0.2, 0.25) is 0 Å². The molecule has 5 heteroatoms. The van der Waals surface area contributed by atoms with Crippen LogP contribution in [0, 0.1) is 17.8 Å². The SMILES string of the molecule is Cc1ccc(NCC2(CO)COC2)cc1NC(=O)C(C)(C)C. The summed E-state index contributed by atoms with van der Waals surface area (Å²) in [4.78, 5) is 12.1. The highest BCUT2D eigenvalue weighted by Crippen LogP contribution is 2.28. The molecule has 1 fully saturated rings. The highest BCUT2D eigenvalue weighted by atomic mass is 16.5. The number of aliphatic hydroxyl groups is 1. The molecular formula is C17H26N2O3. The molecule has 122 valence electrons. The Morgan fingerprint density at radius 2 is 2.05 bits per heavy atom. The lowest BCUT2D eigenvalue weighted by atomic mass is 9.87. The zero-order chi connectivity index (χ0) is 16.4. The Labute approximate surface area is 132 Å². The molecule has 0 radical (unpaired) electrons. The average molecular weight is 306 g/mol. The van der Waals surface area contributed by atoms with Crippen LogP contribution in [0.25, 0.3) is 0 Å². The molecule has 1 amide bonds. The summed E-state index contributed by atoms with van der Waals surface area (Å²) in [5, 5.41) is 15.7. The Morgan fingerprint density at radius 3 is 2.55 bits per heavy atom. The van der Waals surface area contributed by atoms with Crippen molar-refractivity contribution in [2.24, 2.45) is 10.8 Å².